The van der Waals surface area contributed by atoms with Crippen LogP contribution < -0.4 is 0 Å². The first-order chi connectivity index (χ1) is 7.89. The number of aromatic hydroxyl groups is 1. The number of methoxy groups -OCH3 is 2. The summed E-state index contributed by atoms with van der Waals surface area (Å²) in [6.45, 7) is 4.01. The Hall–Kier alpha value is -0.330. The van der Waals surface area contributed by atoms with Crippen LogP contribution in [0.3, 0.4) is 0 Å². The highest BCUT2D eigenvalue weighted by atomic mass is 127. The van der Waals surface area contributed by atoms with Crippen molar-refractivity contribution < 1.29 is 14.6 Å². The van der Waals surface area contributed by atoms with Gasteiger partial charge in [-0.2, -0.15) is 0 Å². The lowest BCUT2D eigenvalue weighted by atomic mass is 9.95. The fourth-order valence-electron chi connectivity index (χ4n) is 1.63. The quantitative estimate of drug-likeness (QED) is 0.827. The van der Waals surface area contributed by atoms with Gasteiger partial charge in [0.2, 0.25) is 0 Å². The fourth-order valence-corrected chi connectivity index (χ4v) is 2.15. The average molecular weight is 350 g/mol. The fraction of sp³-hybridized carbons (Fsp3) is 0.538. The number of phenolic OH excluding ortho intramolecular Hbond substituents is 1. The first kappa shape index (κ1) is 14.7. The van der Waals surface area contributed by atoms with Gasteiger partial charge >= 0.3 is 0 Å². The van der Waals surface area contributed by atoms with Crippen molar-refractivity contribution in [3.63, 3.8) is 0 Å². The Labute approximate surface area is 116 Å². The Morgan fingerprint density at radius 3 is 2.53 bits per heavy atom. The van der Waals surface area contributed by atoms with Crippen LogP contribution in [-0.2, 0) is 9.47 Å². The molecule has 0 saturated carbocycles. The molecule has 0 aliphatic heterocycles. The molecule has 0 fully saturated rings. The van der Waals surface area contributed by atoms with Crippen molar-refractivity contribution in [1.82, 2.24) is 0 Å². The van der Waals surface area contributed by atoms with Crippen molar-refractivity contribution in [2.75, 3.05) is 14.2 Å². The lowest BCUT2D eigenvalue weighted by Crippen LogP contribution is -2.26. The molecule has 1 aromatic carbocycles. The van der Waals surface area contributed by atoms with Crippen LogP contribution in [0.25, 0.3) is 0 Å². The Bertz CT molecular complexity index is 377. The van der Waals surface area contributed by atoms with E-state index in [1.807, 2.05) is 26.0 Å². The van der Waals surface area contributed by atoms with E-state index in [9.17, 15) is 5.11 Å². The number of hydrogen-bond donors (Lipinski definition) is 1. The third kappa shape index (κ3) is 4.12. The summed E-state index contributed by atoms with van der Waals surface area (Å²) in [4.78, 5) is 0. The lowest BCUT2D eigenvalue weighted by Gasteiger charge is -2.28. The smallest absolute Gasteiger partial charge is 0.121 e. The monoisotopic (exact) mass is 350 g/mol. The van der Waals surface area contributed by atoms with Crippen molar-refractivity contribution in [2.24, 2.45) is 0 Å². The number of halogens is 1. The van der Waals surface area contributed by atoms with Crippen LogP contribution in [-0.4, -0.2) is 24.9 Å². The van der Waals surface area contributed by atoms with Gasteiger partial charge in [-0.1, -0.05) is 0 Å². The number of rotatable bonds is 5. The van der Waals surface area contributed by atoms with Gasteiger partial charge in [0.15, 0.2) is 0 Å². The molecule has 4 heteroatoms. The maximum absolute atomic E-state index is 9.88. The topological polar surface area (TPSA) is 38.7 Å². The zero-order valence-corrected chi connectivity index (χ0v) is 12.8. The SMILES string of the molecule is COC(CC(C)(C)OC)c1cc(I)ccc1O. The molecule has 1 N–H and O–H groups in total. The predicted molar refractivity (Wildman–Crippen MR) is 76.3 cm³/mol. The molecule has 96 valence electrons. The van der Waals surface area contributed by atoms with Crippen molar-refractivity contribution in [3.8, 4) is 5.75 Å². The summed E-state index contributed by atoms with van der Waals surface area (Å²) in [6, 6.07) is 5.51. The molecule has 0 heterocycles. The van der Waals surface area contributed by atoms with Gasteiger partial charge < -0.3 is 14.6 Å². The highest BCUT2D eigenvalue weighted by Gasteiger charge is 2.25. The first-order valence-corrected chi connectivity index (χ1v) is 6.54. The number of benzene rings is 1. The van der Waals surface area contributed by atoms with E-state index in [0.717, 1.165) is 9.13 Å². The Balaban J connectivity index is 2.97. The van der Waals surface area contributed by atoms with E-state index >= 15 is 0 Å². The minimum absolute atomic E-state index is 0.167. The van der Waals surface area contributed by atoms with E-state index in [2.05, 4.69) is 22.6 Å². The first-order valence-electron chi connectivity index (χ1n) is 5.46. The van der Waals surface area contributed by atoms with Gasteiger partial charge in [0.1, 0.15) is 5.75 Å². The van der Waals surface area contributed by atoms with Crippen molar-refractivity contribution in [1.29, 1.82) is 0 Å². The molecule has 0 bridgehead atoms. The zero-order valence-electron chi connectivity index (χ0n) is 10.7. The van der Waals surface area contributed by atoms with Gasteiger partial charge in [-0.15, -0.1) is 0 Å². The molecule has 0 saturated heterocycles. The Morgan fingerprint density at radius 1 is 1.35 bits per heavy atom. The molecular formula is C13H19IO3. The van der Waals surface area contributed by atoms with E-state index in [1.165, 1.54) is 0 Å². The lowest BCUT2D eigenvalue weighted by molar-refractivity contribution is -0.0329. The molecule has 1 atom stereocenters. The van der Waals surface area contributed by atoms with Crippen LogP contribution in [0.5, 0.6) is 5.75 Å². The Kier molecular flexibility index (Phi) is 5.22. The molecule has 0 spiro atoms. The summed E-state index contributed by atoms with van der Waals surface area (Å²) < 4.78 is 11.9. The highest BCUT2D eigenvalue weighted by molar-refractivity contribution is 14.1. The predicted octanol–water partition coefficient (Wildman–Crippen LogP) is 3.50. The van der Waals surface area contributed by atoms with Gasteiger partial charge in [0.05, 0.1) is 11.7 Å². The molecule has 1 aromatic rings. The summed E-state index contributed by atoms with van der Waals surface area (Å²) in [6.07, 6.45) is 0.521. The summed E-state index contributed by atoms with van der Waals surface area (Å²) >= 11 is 2.22. The molecule has 1 unspecified atom stereocenters. The highest BCUT2D eigenvalue weighted by Crippen LogP contribution is 2.34. The minimum atomic E-state index is -0.283. The van der Waals surface area contributed by atoms with Gasteiger partial charge in [-0.05, 0) is 54.6 Å². The molecule has 17 heavy (non-hydrogen) atoms. The second-order valence-corrected chi connectivity index (χ2v) is 5.84. The van der Waals surface area contributed by atoms with E-state index < -0.39 is 0 Å². The summed E-state index contributed by atoms with van der Waals surface area (Å²) in [5.41, 5.74) is 0.526. The van der Waals surface area contributed by atoms with Gasteiger partial charge in [-0.3, -0.25) is 0 Å². The molecular weight excluding hydrogens is 331 g/mol. The minimum Gasteiger partial charge on any atom is -0.508 e. The molecule has 0 aliphatic carbocycles. The second-order valence-electron chi connectivity index (χ2n) is 4.60. The standard InChI is InChI=1S/C13H19IO3/c1-13(2,17-4)8-12(16-3)10-7-9(14)5-6-11(10)15/h5-7,12,15H,8H2,1-4H3. The van der Waals surface area contributed by atoms with Crippen LogP contribution in [0, 0.1) is 3.57 Å². The largest absolute Gasteiger partial charge is 0.508 e. The third-order valence-corrected chi connectivity index (χ3v) is 3.52. The van der Waals surface area contributed by atoms with Crippen LogP contribution in [0.1, 0.15) is 31.9 Å². The molecule has 0 radical (unpaired) electrons. The van der Waals surface area contributed by atoms with Crippen molar-refractivity contribution in [3.05, 3.63) is 27.3 Å². The average Bonchev–Trinajstić information content (AvgIpc) is 2.29. The summed E-state index contributed by atoms with van der Waals surface area (Å²) in [5.74, 6) is 0.268. The number of ether oxygens (including phenoxy) is 2. The molecule has 0 aromatic heterocycles. The normalized spacial score (nSPS) is 13.7. The van der Waals surface area contributed by atoms with Crippen LogP contribution >= 0.6 is 22.6 Å². The summed E-state index contributed by atoms with van der Waals surface area (Å²) in [7, 11) is 3.33. The van der Waals surface area contributed by atoms with Gasteiger partial charge in [0, 0.05) is 29.8 Å². The second kappa shape index (κ2) is 6.02. The van der Waals surface area contributed by atoms with Crippen LogP contribution in [0.15, 0.2) is 18.2 Å². The number of phenols is 1. The van der Waals surface area contributed by atoms with E-state index in [1.54, 1.807) is 20.3 Å². The molecule has 0 amide bonds. The Morgan fingerprint density at radius 2 is 2.00 bits per heavy atom. The number of hydrogen-bond acceptors (Lipinski definition) is 3. The van der Waals surface area contributed by atoms with Gasteiger partial charge in [-0.25, -0.2) is 0 Å². The van der Waals surface area contributed by atoms with Gasteiger partial charge in [0.25, 0.3) is 0 Å². The van der Waals surface area contributed by atoms with Crippen molar-refractivity contribution in [2.45, 2.75) is 32.0 Å². The van der Waals surface area contributed by atoms with Crippen LogP contribution in [0.4, 0.5) is 0 Å². The van der Waals surface area contributed by atoms with Crippen molar-refractivity contribution >= 4 is 22.6 Å². The van der Waals surface area contributed by atoms with E-state index in [4.69, 9.17) is 9.47 Å². The van der Waals surface area contributed by atoms with Crippen LogP contribution in [0.2, 0.25) is 0 Å². The van der Waals surface area contributed by atoms with E-state index in [0.29, 0.717) is 6.42 Å². The maximum Gasteiger partial charge on any atom is 0.121 e. The van der Waals surface area contributed by atoms with E-state index in [-0.39, 0.29) is 17.5 Å². The molecule has 1 rings (SSSR count). The zero-order chi connectivity index (χ0) is 13.1. The molecule has 3 nitrogen and oxygen atoms in total. The maximum atomic E-state index is 9.88. The summed E-state index contributed by atoms with van der Waals surface area (Å²) in [5, 5.41) is 9.88. The third-order valence-electron chi connectivity index (χ3n) is 2.85. The molecule has 0 aliphatic rings.